The average molecular weight is 367 g/mol. The molecule has 0 atom stereocenters. The van der Waals surface area contributed by atoms with Crippen molar-refractivity contribution in [3.05, 3.63) is 59.7 Å². The zero-order valence-corrected chi connectivity index (χ0v) is 16.4. The number of fused-ring (bicyclic) bond motifs is 2. The number of rotatable bonds is 4. The van der Waals surface area contributed by atoms with Crippen molar-refractivity contribution in [2.24, 2.45) is 0 Å². The van der Waals surface area contributed by atoms with Gasteiger partial charge < -0.3 is 14.5 Å². The summed E-state index contributed by atoms with van der Waals surface area (Å²) >= 11 is 1.84. The fourth-order valence-electron chi connectivity index (χ4n) is 3.66. The van der Waals surface area contributed by atoms with E-state index < -0.39 is 0 Å². The molecule has 0 unspecified atom stereocenters. The van der Waals surface area contributed by atoms with Crippen LogP contribution in [0.3, 0.4) is 0 Å². The molecule has 0 radical (unpaired) electrons. The molecule has 0 bridgehead atoms. The third-order valence-corrected chi connectivity index (χ3v) is 6.40. The number of methoxy groups -OCH3 is 1. The van der Waals surface area contributed by atoms with E-state index in [9.17, 15) is 0 Å². The van der Waals surface area contributed by atoms with E-state index in [1.165, 1.54) is 52.7 Å². The number of ether oxygens (including phenoxy) is 1. The summed E-state index contributed by atoms with van der Waals surface area (Å²) in [6, 6.07) is 15.2. The molecule has 136 valence electrons. The molecule has 0 aliphatic carbocycles. The maximum atomic E-state index is 5.43. The Morgan fingerprint density at radius 2 is 1.77 bits per heavy atom. The van der Waals surface area contributed by atoms with Gasteiger partial charge in [0.05, 0.1) is 7.11 Å². The number of piperazine rings is 1. The standard InChI is InChI=1S/C22H26N2OS/c1-23-12-14-24(15-13-23)11-5-7-18-19-6-3-4-8-21(19)26-22-16-17(25-2)9-10-20(18)22/h3-4,6-10,16H,5,11-15H2,1-2H3/b18-7+. The molecule has 0 N–H and O–H groups in total. The van der Waals surface area contributed by atoms with Crippen LogP contribution in [0.4, 0.5) is 0 Å². The Labute approximate surface area is 160 Å². The van der Waals surface area contributed by atoms with Gasteiger partial charge in [-0.3, -0.25) is 0 Å². The van der Waals surface area contributed by atoms with Gasteiger partial charge in [-0.15, -0.1) is 0 Å². The van der Waals surface area contributed by atoms with Gasteiger partial charge in [-0.05, 0) is 54.4 Å². The fourth-order valence-corrected chi connectivity index (χ4v) is 4.80. The molecule has 0 aromatic heterocycles. The first kappa shape index (κ1) is 17.7. The first-order valence-electron chi connectivity index (χ1n) is 9.31. The van der Waals surface area contributed by atoms with Gasteiger partial charge in [0.15, 0.2) is 0 Å². The van der Waals surface area contributed by atoms with Crippen molar-refractivity contribution in [2.45, 2.75) is 16.2 Å². The molecule has 4 rings (SSSR count). The Hall–Kier alpha value is -1.75. The second kappa shape index (κ2) is 7.87. The van der Waals surface area contributed by atoms with Crippen LogP contribution < -0.4 is 4.74 Å². The van der Waals surface area contributed by atoms with Crippen LogP contribution in [-0.4, -0.2) is 56.7 Å². The Bertz CT molecular complexity index is 810. The minimum absolute atomic E-state index is 0.924. The van der Waals surface area contributed by atoms with Gasteiger partial charge in [-0.2, -0.15) is 0 Å². The highest BCUT2D eigenvalue weighted by Crippen LogP contribution is 2.46. The summed E-state index contributed by atoms with van der Waals surface area (Å²) < 4.78 is 5.43. The molecule has 2 aromatic rings. The van der Waals surface area contributed by atoms with Gasteiger partial charge in [0, 0.05) is 42.5 Å². The van der Waals surface area contributed by atoms with E-state index in [4.69, 9.17) is 4.74 Å². The molecule has 0 saturated carbocycles. The molecule has 2 aliphatic rings. The Kier molecular flexibility index (Phi) is 5.34. The normalized spacial score (nSPS) is 19.2. The van der Waals surface area contributed by atoms with Crippen molar-refractivity contribution in [1.29, 1.82) is 0 Å². The van der Waals surface area contributed by atoms with Crippen LogP contribution in [0.1, 0.15) is 17.5 Å². The summed E-state index contributed by atoms with van der Waals surface area (Å²) in [6.45, 7) is 5.86. The van der Waals surface area contributed by atoms with Crippen LogP contribution in [0.25, 0.3) is 5.57 Å². The van der Waals surface area contributed by atoms with Crippen LogP contribution in [-0.2, 0) is 0 Å². The van der Waals surface area contributed by atoms with Gasteiger partial charge in [-0.25, -0.2) is 0 Å². The molecule has 2 aliphatic heterocycles. The quantitative estimate of drug-likeness (QED) is 0.686. The lowest BCUT2D eigenvalue weighted by atomic mass is 9.96. The summed E-state index contributed by atoms with van der Waals surface area (Å²) in [5, 5.41) is 0. The monoisotopic (exact) mass is 366 g/mol. The molecule has 1 saturated heterocycles. The van der Waals surface area contributed by atoms with Crippen LogP contribution in [0, 0.1) is 0 Å². The highest BCUT2D eigenvalue weighted by Gasteiger charge is 2.21. The van der Waals surface area contributed by atoms with E-state index in [2.05, 4.69) is 65.4 Å². The molecular formula is C22H26N2OS. The van der Waals surface area contributed by atoms with Gasteiger partial charge >= 0.3 is 0 Å². The van der Waals surface area contributed by atoms with E-state index in [-0.39, 0.29) is 0 Å². The third kappa shape index (κ3) is 3.68. The fraction of sp³-hybridized carbons (Fsp3) is 0.364. The summed E-state index contributed by atoms with van der Waals surface area (Å²) in [5.41, 5.74) is 4.05. The number of benzene rings is 2. The minimum Gasteiger partial charge on any atom is -0.497 e. The average Bonchev–Trinajstić information content (AvgIpc) is 2.68. The van der Waals surface area contributed by atoms with E-state index in [0.29, 0.717) is 0 Å². The largest absolute Gasteiger partial charge is 0.497 e. The highest BCUT2D eigenvalue weighted by molar-refractivity contribution is 7.99. The van der Waals surface area contributed by atoms with Crippen molar-refractivity contribution >= 4 is 17.3 Å². The summed E-state index contributed by atoms with van der Waals surface area (Å²) in [6.07, 6.45) is 3.52. The Morgan fingerprint density at radius 1 is 1.00 bits per heavy atom. The molecular weight excluding hydrogens is 340 g/mol. The van der Waals surface area contributed by atoms with Gasteiger partial charge in [0.1, 0.15) is 5.75 Å². The number of nitrogens with zero attached hydrogens (tertiary/aromatic N) is 2. The highest BCUT2D eigenvalue weighted by atomic mass is 32.2. The van der Waals surface area contributed by atoms with Crippen LogP contribution in [0.2, 0.25) is 0 Å². The summed E-state index contributed by atoms with van der Waals surface area (Å²) in [7, 11) is 3.94. The number of hydrogen-bond donors (Lipinski definition) is 0. The van der Waals surface area contributed by atoms with E-state index in [1.54, 1.807) is 7.11 Å². The molecule has 2 aromatic carbocycles. The molecule has 3 nitrogen and oxygen atoms in total. The topological polar surface area (TPSA) is 15.7 Å². The van der Waals surface area contributed by atoms with Gasteiger partial charge in [0.25, 0.3) is 0 Å². The van der Waals surface area contributed by atoms with Crippen molar-refractivity contribution in [2.75, 3.05) is 46.9 Å². The van der Waals surface area contributed by atoms with E-state index in [1.807, 2.05) is 11.8 Å². The maximum Gasteiger partial charge on any atom is 0.120 e. The van der Waals surface area contributed by atoms with Crippen LogP contribution in [0.5, 0.6) is 5.75 Å². The van der Waals surface area contributed by atoms with Crippen LogP contribution in [0.15, 0.2) is 58.3 Å². The van der Waals surface area contributed by atoms with Gasteiger partial charge in [-0.1, -0.05) is 36.0 Å². The summed E-state index contributed by atoms with van der Waals surface area (Å²) in [5.74, 6) is 0.924. The van der Waals surface area contributed by atoms with Crippen molar-refractivity contribution in [3.63, 3.8) is 0 Å². The smallest absolute Gasteiger partial charge is 0.120 e. The predicted molar refractivity (Wildman–Crippen MR) is 109 cm³/mol. The summed E-state index contributed by atoms with van der Waals surface area (Å²) in [4.78, 5) is 7.61. The lowest BCUT2D eigenvalue weighted by Gasteiger charge is -2.32. The van der Waals surface area contributed by atoms with E-state index >= 15 is 0 Å². The number of likely N-dealkylation sites (N-methyl/N-ethyl adjacent to an activating group) is 1. The van der Waals surface area contributed by atoms with Crippen molar-refractivity contribution < 1.29 is 4.74 Å². The number of hydrogen-bond acceptors (Lipinski definition) is 4. The molecule has 26 heavy (non-hydrogen) atoms. The molecule has 0 amide bonds. The first-order valence-corrected chi connectivity index (χ1v) is 10.1. The van der Waals surface area contributed by atoms with Gasteiger partial charge in [0.2, 0.25) is 0 Å². The minimum atomic E-state index is 0.924. The maximum absolute atomic E-state index is 5.43. The first-order chi connectivity index (χ1) is 12.7. The second-order valence-electron chi connectivity index (χ2n) is 7.01. The van der Waals surface area contributed by atoms with Crippen molar-refractivity contribution in [1.82, 2.24) is 9.80 Å². The Morgan fingerprint density at radius 3 is 2.58 bits per heavy atom. The Balaban J connectivity index is 1.58. The van der Waals surface area contributed by atoms with E-state index in [0.717, 1.165) is 18.7 Å². The second-order valence-corrected chi connectivity index (χ2v) is 8.10. The SMILES string of the molecule is COc1ccc2c(c1)Sc1ccccc1/C2=C\CCN1CCN(C)CC1. The zero-order valence-electron chi connectivity index (χ0n) is 15.6. The predicted octanol–water partition coefficient (Wildman–Crippen LogP) is 4.23. The third-order valence-electron chi connectivity index (χ3n) is 5.27. The lowest BCUT2D eigenvalue weighted by molar-refractivity contribution is 0.156. The molecule has 4 heteroatoms. The molecule has 0 spiro atoms. The van der Waals surface area contributed by atoms with Crippen LogP contribution >= 0.6 is 11.8 Å². The molecule has 1 fully saturated rings. The van der Waals surface area contributed by atoms with Crippen molar-refractivity contribution in [3.8, 4) is 5.75 Å². The lowest BCUT2D eigenvalue weighted by Crippen LogP contribution is -2.44. The zero-order chi connectivity index (χ0) is 17.9. The molecule has 2 heterocycles.